The van der Waals surface area contributed by atoms with Gasteiger partial charge in [0.25, 0.3) is 5.91 Å². The number of aromatic nitrogens is 2. The summed E-state index contributed by atoms with van der Waals surface area (Å²) in [7, 11) is 0. The van der Waals surface area contributed by atoms with Crippen molar-refractivity contribution >= 4 is 45.3 Å². The molecule has 0 spiro atoms. The minimum Gasteiger partial charge on any atom is -0.296 e. The number of carbonyl (C=O) groups excluding carboxylic acids is 1. The number of thiophene rings is 1. The van der Waals surface area contributed by atoms with Gasteiger partial charge in [0.15, 0.2) is 0 Å². The fourth-order valence-corrected chi connectivity index (χ4v) is 3.63. The quantitative estimate of drug-likeness (QED) is 0.889. The summed E-state index contributed by atoms with van der Waals surface area (Å²) in [5.74, 6) is 0.225. The lowest BCUT2D eigenvalue weighted by molar-refractivity contribution is 0.103. The van der Waals surface area contributed by atoms with Crippen molar-refractivity contribution in [2.24, 2.45) is 0 Å². The lowest BCUT2D eigenvalue weighted by atomic mass is 10.1. The molecule has 7 heteroatoms. The first-order valence-corrected chi connectivity index (χ1v) is 8.05. The first-order chi connectivity index (χ1) is 9.13. The molecular formula is C12H14ClN3OS2. The summed E-state index contributed by atoms with van der Waals surface area (Å²) in [6.07, 6.45) is 2.05. The van der Waals surface area contributed by atoms with E-state index in [1.54, 1.807) is 12.1 Å². The number of nitrogens with zero attached hydrogens (tertiary/aromatic N) is 2. The first-order valence-electron chi connectivity index (χ1n) is 6.04. The molecule has 0 aliphatic carbocycles. The molecule has 0 fully saturated rings. The number of amides is 1. The van der Waals surface area contributed by atoms with Gasteiger partial charge in [-0.25, -0.2) is 0 Å². The summed E-state index contributed by atoms with van der Waals surface area (Å²) in [6.45, 7) is 4.25. The number of hydrogen-bond donors (Lipinski definition) is 1. The highest BCUT2D eigenvalue weighted by atomic mass is 35.5. The number of hydrogen-bond acceptors (Lipinski definition) is 5. The van der Waals surface area contributed by atoms with Gasteiger partial charge in [0.05, 0.1) is 9.21 Å². The zero-order valence-electron chi connectivity index (χ0n) is 10.6. The predicted octanol–water partition coefficient (Wildman–Crippen LogP) is 4.41. The van der Waals surface area contributed by atoms with Crippen LogP contribution in [0, 0.1) is 0 Å². The molecule has 0 saturated heterocycles. The van der Waals surface area contributed by atoms with Crippen molar-refractivity contribution < 1.29 is 4.79 Å². The van der Waals surface area contributed by atoms with Gasteiger partial charge in [-0.2, -0.15) is 0 Å². The van der Waals surface area contributed by atoms with Crippen molar-refractivity contribution in [1.82, 2.24) is 10.2 Å². The summed E-state index contributed by atoms with van der Waals surface area (Å²) in [6, 6.07) is 3.40. The topological polar surface area (TPSA) is 54.9 Å². The van der Waals surface area contributed by atoms with Crippen LogP contribution in [0.2, 0.25) is 4.34 Å². The molecule has 0 saturated carbocycles. The third-order valence-corrected chi connectivity index (χ3v) is 5.02. The van der Waals surface area contributed by atoms with Crippen molar-refractivity contribution in [2.45, 2.75) is 32.6 Å². The number of anilines is 1. The van der Waals surface area contributed by atoms with E-state index in [1.807, 2.05) is 0 Å². The highest BCUT2D eigenvalue weighted by Gasteiger charge is 2.15. The van der Waals surface area contributed by atoms with E-state index < -0.39 is 0 Å². The van der Waals surface area contributed by atoms with E-state index in [0.717, 1.165) is 17.8 Å². The molecule has 4 nitrogen and oxygen atoms in total. The van der Waals surface area contributed by atoms with Gasteiger partial charge >= 0.3 is 0 Å². The van der Waals surface area contributed by atoms with Crippen LogP contribution in [0.25, 0.3) is 0 Å². The lowest BCUT2D eigenvalue weighted by Gasteiger charge is -2.05. The second-order valence-electron chi connectivity index (χ2n) is 4.02. The average Bonchev–Trinajstić information content (AvgIpc) is 3.00. The molecule has 0 aliphatic heterocycles. The second kappa shape index (κ2) is 6.45. The summed E-state index contributed by atoms with van der Waals surface area (Å²) in [5, 5.41) is 12.4. The Morgan fingerprint density at radius 1 is 1.32 bits per heavy atom. The van der Waals surface area contributed by atoms with E-state index in [4.69, 9.17) is 11.6 Å². The van der Waals surface area contributed by atoms with Crippen LogP contribution in [0.5, 0.6) is 0 Å². The molecule has 2 rings (SSSR count). The van der Waals surface area contributed by atoms with Crippen molar-refractivity contribution in [2.75, 3.05) is 5.32 Å². The standard InChI is InChI=1S/C12H14ClN3OS2/c1-3-7(4-2)11-15-16-12(19-11)14-10(17)8-5-6-9(13)18-8/h5-7H,3-4H2,1-2H3,(H,14,16,17). The maximum atomic E-state index is 11.9. The number of carbonyl (C=O) groups is 1. The van der Waals surface area contributed by atoms with E-state index in [9.17, 15) is 4.79 Å². The first kappa shape index (κ1) is 14.4. The van der Waals surface area contributed by atoms with Gasteiger partial charge in [0.2, 0.25) is 5.13 Å². The van der Waals surface area contributed by atoms with Crippen LogP contribution in [-0.2, 0) is 0 Å². The van der Waals surface area contributed by atoms with Crippen molar-refractivity contribution in [3.05, 3.63) is 26.4 Å². The van der Waals surface area contributed by atoms with E-state index in [0.29, 0.717) is 20.3 Å². The van der Waals surface area contributed by atoms with Gasteiger partial charge in [-0.15, -0.1) is 21.5 Å². The molecule has 0 unspecified atom stereocenters. The van der Waals surface area contributed by atoms with Crippen LogP contribution in [-0.4, -0.2) is 16.1 Å². The fraction of sp³-hybridized carbons (Fsp3) is 0.417. The van der Waals surface area contributed by atoms with E-state index in [1.165, 1.54) is 22.7 Å². The smallest absolute Gasteiger partial charge is 0.267 e. The summed E-state index contributed by atoms with van der Waals surface area (Å²) in [5.41, 5.74) is 0. The molecule has 19 heavy (non-hydrogen) atoms. The van der Waals surface area contributed by atoms with E-state index in [-0.39, 0.29) is 5.91 Å². The number of halogens is 1. The Labute approximate surface area is 124 Å². The zero-order valence-corrected chi connectivity index (χ0v) is 13.0. The molecule has 2 heterocycles. The molecule has 0 aromatic carbocycles. The van der Waals surface area contributed by atoms with Gasteiger partial charge in [-0.05, 0) is 25.0 Å². The van der Waals surface area contributed by atoms with Crippen LogP contribution in [0.3, 0.4) is 0 Å². The van der Waals surface area contributed by atoms with Crippen LogP contribution >= 0.6 is 34.3 Å². The van der Waals surface area contributed by atoms with Gasteiger partial charge in [0.1, 0.15) is 5.01 Å². The Bertz CT molecular complexity index is 563. The Balaban J connectivity index is 2.06. The molecular weight excluding hydrogens is 302 g/mol. The van der Waals surface area contributed by atoms with Crippen LogP contribution in [0.15, 0.2) is 12.1 Å². The minimum absolute atomic E-state index is 0.191. The molecule has 2 aromatic rings. The van der Waals surface area contributed by atoms with Crippen molar-refractivity contribution in [3.63, 3.8) is 0 Å². The molecule has 0 radical (unpaired) electrons. The SMILES string of the molecule is CCC(CC)c1nnc(NC(=O)c2ccc(Cl)s2)s1. The molecule has 1 amide bonds. The van der Waals surface area contributed by atoms with Gasteiger partial charge in [-0.1, -0.05) is 36.8 Å². The largest absolute Gasteiger partial charge is 0.296 e. The molecule has 2 aromatic heterocycles. The lowest BCUT2D eigenvalue weighted by Crippen LogP contribution is -2.09. The molecule has 102 valence electrons. The highest BCUT2D eigenvalue weighted by Crippen LogP contribution is 2.29. The number of nitrogens with one attached hydrogen (secondary N) is 1. The molecule has 0 aliphatic rings. The van der Waals surface area contributed by atoms with Crippen molar-refractivity contribution in [3.8, 4) is 0 Å². The van der Waals surface area contributed by atoms with Crippen molar-refractivity contribution in [1.29, 1.82) is 0 Å². The normalized spacial score (nSPS) is 10.9. The van der Waals surface area contributed by atoms with Gasteiger partial charge in [0, 0.05) is 5.92 Å². The predicted molar refractivity (Wildman–Crippen MR) is 80.5 cm³/mol. The Hall–Kier alpha value is -0.980. The van der Waals surface area contributed by atoms with E-state index in [2.05, 4.69) is 29.4 Å². The summed E-state index contributed by atoms with van der Waals surface area (Å²) in [4.78, 5) is 12.5. The fourth-order valence-electron chi connectivity index (χ4n) is 1.68. The van der Waals surface area contributed by atoms with Gasteiger partial charge in [-0.3, -0.25) is 10.1 Å². The Kier molecular flexibility index (Phi) is 4.90. The third-order valence-electron chi connectivity index (χ3n) is 2.79. The van der Waals surface area contributed by atoms with Gasteiger partial charge < -0.3 is 0 Å². The minimum atomic E-state index is -0.191. The summed E-state index contributed by atoms with van der Waals surface area (Å²) < 4.78 is 0.597. The monoisotopic (exact) mass is 315 g/mol. The Morgan fingerprint density at radius 2 is 2.05 bits per heavy atom. The third kappa shape index (κ3) is 3.52. The molecule has 1 N–H and O–H groups in total. The Morgan fingerprint density at radius 3 is 2.63 bits per heavy atom. The van der Waals surface area contributed by atoms with Crippen LogP contribution in [0.1, 0.15) is 47.3 Å². The zero-order chi connectivity index (χ0) is 13.8. The second-order valence-corrected chi connectivity index (χ2v) is 6.74. The number of rotatable bonds is 5. The van der Waals surface area contributed by atoms with Crippen LogP contribution in [0.4, 0.5) is 5.13 Å². The highest BCUT2D eigenvalue weighted by molar-refractivity contribution is 7.18. The van der Waals surface area contributed by atoms with E-state index >= 15 is 0 Å². The summed E-state index contributed by atoms with van der Waals surface area (Å²) >= 11 is 8.49. The maximum Gasteiger partial charge on any atom is 0.267 e. The maximum absolute atomic E-state index is 11.9. The molecule has 0 bridgehead atoms. The molecule has 0 atom stereocenters. The average molecular weight is 316 g/mol. The van der Waals surface area contributed by atoms with Crippen LogP contribution < -0.4 is 5.32 Å².